The third-order valence-corrected chi connectivity index (χ3v) is 2.59. The third-order valence-electron chi connectivity index (χ3n) is 2.59. The van der Waals surface area contributed by atoms with Gasteiger partial charge in [-0.1, -0.05) is 0 Å². The average molecular weight is 338 g/mol. The van der Waals surface area contributed by atoms with E-state index in [1.54, 1.807) is 24.3 Å². The van der Waals surface area contributed by atoms with Crippen molar-refractivity contribution in [3.8, 4) is 5.75 Å². The Morgan fingerprint density at radius 1 is 1.04 bits per heavy atom. The standard InChI is InChI=1S/C17H26N2O5/c1-13(20)19-14-5-7-15(8-6-14)23-12-11-22-10-9-18-16(21)24-17(2,3)4/h5-8H,9-12H2,1-4H3,(H,18,21)(H,19,20). The van der Waals surface area contributed by atoms with E-state index in [0.717, 1.165) is 5.69 Å². The fourth-order valence-corrected chi connectivity index (χ4v) is 1.70. The minimum atomic E-state index is -0.506. The molecule has 134 valence electrons. The molecule has 0 unspecified atom stereocenters. The maximum Gasteiger partial charge on any atom is 0.407 e. The number of anilines is 1. The van der Waals surface area contributed by atoms with Crippen LogP contribution >= 0.6 is 0 Å². The number of hydrogen-bond acceptors (Lipinski definition) is 5. The largest absolute Gasteiger partial charge is 0.491 e. The van der Waals surface area contributed by atoms with Crippen LogP contribution in [0.1, 0.15) is 27.7 Å². The first-order valence-corrected chi connectivity index (χ1v) is 7.81. The number of carbonyl (C=O) groups is 2. The van der Waals surface area contributed by atoms with Crippen LogP contribution in [0, 0.1) is 0 Å². The summed E-state index contributed by atoms with van der Waals surface area (Å²) in [6.07, 6.45) is -0.457. The van der Waals surface area contributed by atoms with Crippen LogP contribution in [0.25, 0.3) is 0 Å². The minimum absolute atomic E-state index is 0.114. The van der Waals surface area contributed by atoms with E-state index in [4.69, 9.17) is 14.2 Å². The van der Waals surface area contributed by atoms with Gasteiger partial charge in [-0.2, -0.15) is 0 Å². The van der Waals surface area contributed by atoms with Gasteiger partial charge in [0.15, 0.2) is 0 Å². The van der Waals surface area contributed by atoms with Gasteiger partial charge in [-0.3, -0.25) is 4.79 Å². The van der Waals surface area contributed by atoms with Crippen molar-refractivity contribution in [2.24, 2.45) is 0 Å². The second-order valence-corrected chi connectivity index (χ2v) is 6.10. The van der Waals surface area contributed by atoms with E-state index in [2.05, 4.69) is 10.6 Å². The summed E-state index contributed by atoms with van der Waals surface area (Å²) in [6.45, 7) is 8.44. The lowest BCUT2D eigenvalue weighted by atomic mass is 10.2. The van der Waals surface area contributed by atoms with Gasteiger partial charge in [0.25, 0.3) is 0 Å². The monoisotopic (exact) mass is 338 g/mol. The summed E-state index contributed by atoms with van der Waals surface area (Å²) in [6, 6.07) is 7.08. The molecule has 0 radical (unpaired) electrons. The molecule has 0 aliphatic heterocycles. The molecule has 0 bridgehead atoms. The van der Waals surface area contributed by atoms with Gasteiger partial charge in [-0.05, 0) is 45.0 Å². The lowest BCUT2D eigenvalue weighted by molar-refractivity contribution is -0.114. The van der Waals surface area contributed by atoms with E-state index in [1.165, 1.54) is 6.92 Å². The summed E-state index contributed by atoms with van der Waals surface area (Å²) < 4.78 is 16.0. The van der Waals surface area contributed by atoms with Crippen molar-refractivity contribution in [3.05, 3.63) is 24.3 Å². The highest BCUT2D eigenvalue weighted by molar-refractivity contribution is 5.88. The number of amides is 2. The van der Waals surface area contributed by atoms with Crippen LogP contribution in [-0.2, 0) is 14.3 Å². The highest BCUT2D eigenvalue weighted by Gasteiger charge is 2.15. The zero-order chi connectivity index (χ0) is 18.0. The van der Waals surface area contributed by atoms with Crippen LogP contribution in [0.4, 0.5) is 10.5 Å². The van der Waals surface area contributed by atoms with Crippen molar-refractivity contribution in [1.29, 1.82) is 0 Å². The van der Waals surface area contributed by atoms with E-state index < -0.39 is 11.7 Å². The Bertz CT molecular complexity index is 523. The molecular formula is C17H26N2O5. The zero-order valence-electron chi connectivity index (χ0n) is 14.7. The van der Waals surface area contributed by atoms with Crippen molar-refractivity contribution >= 4 is 17.7 Å². The summed E-state index contributed by atoms with van der Waals surface area (Å²) in [4.78, 5) is 22.3. The van der Waals surface area contributed by atoms with Gasteiger partial charge in [0, 0.05) is 19.2 Å². The fraction of sp³-hybridized carbons (Fsp3) is 0.529. The maximum absolute atomic E-state index is 11.4. The topological polar surface area (TPSA) is 85.9 Å². The van der Waals surface area contributed by atoms with E-state index in [1.807, 2.05) is 20.8 Å². The van der Waals surface area contributed by atoms with Crippen LogP contribution in [-0.4, -0.2) is 44.0 Å². The average Bonchev–Trinajstić information content (AvgIpc) is 2.45. The number of ether oxygens (including phenoxy) is 3. The van der Waals surface area contributed by atoms with Crippen molar-refractivity contribution in [3.63, 3.8) is 0 Å². The van der Waals surface area contributed by atoms with Gasteiger partial charge in [0.2, 0.25) is 5.91 Å². The number of alkyl carbamates (subject to hydrolysis) is 1. The molecule has 0 aliphatic rings. The molecule has 0 fully saturated rings. The van der Waals surface area contributed by atoms with Gasteiger partial charge in [0.1, 0.15) is 18.0 Å². The lowest BCUT2D eigenvalue weighted by Gasteiger charge is -2.19. The van der Waals surface area contributed by atoms with Crippen molar-refractivity contribution in [1.82, 2.24) is 5.32 Å². The molecule has 0 atom stereocenters. The number of nitrogens with one attached hydrogen (secondary N) is 2. The van der Waals surface area contributed by atoms with E-state index >= 15 is 0 Å². The quantitative estimate of drug-likeness (QED) is 0.712. The molecule has 0 aliphatic carbocycles. The normalized spacial score (nSPS) is 10.8. The van der Waals surface area contributed by atoms with Crippen molar-refractivity contribution < 1.29 is 23.8 Å². The molecule has 0 heterocycles. The summed E-state index contributed by atoms with van der Waals surface area (Å²) in [5.41, 5.74) is 0.216. The molecule has 0 saturated heterocycles. The zero-order valence-corrected chi connectivity index (χ0v) is 14.7. The predicted octanol–water partition coefficient (Wildman–Crippen LogP) is 2.57. The molecule has 0 aromatic heterocycles. The molecule has 0 saturated carbocycles. The van der Waals surface area contributed by atoms with E-state index in [-0.39, 0.29) is 5.91 Å². The van der Waals surface area contributed by atoms with Crippen LogP contribution < -0.4 is 15.4 Å². The molecule has 1 rings (SSSR count). The second-order valence-electron chi connectivity index (χ2n) is 6.10. The summed E-state index contributed by atoms with van der Waals surface area (Å²) in [5.74, 6) is 0.580. The third kappa shape index (κ3) is 9.68. The predicted molar refractivity (Wildman–Crippen MR) is 91.3 cm³/mol. The van der Waals surface area contributed by atoms with Gasteiger partial charge in [0.05, 0.1) is 13.2 Å². The van der Waals surface area contributed by atoms with Crippen LogP contribution in [0.2, 0.25) is 0 Å². The van der Waals surface area contributed by atoms with Crippen LogP contribution in [0.5, 0.6) is 5.75 Å². The molecule has 1 aromatic rings. The highest BCUT2D eigenvalue weighted by Crippen LogP contribution is 2.15. The van der Waals surface area contributed by atoms with Crippen LogP contribution in [0.15, 0.2) is 24.3 Å². The highest BCUT2D eigenvalue weighted by atomic mass is 16.6. The number of rotatable bonds is 8. The molecule has 24 heavy (non-hydrogen) atoms. The first kappa shape index (κ1) is 19.8. The first-order chi connectivity index (χ1) is 11.3. The molecule has 2 amide bonds. The number of benzene rings is 1. The lowest BCUT2D eigenvalue weighted by Crippen LogP contribution is -2.34. The molecule has 7 nitrogen and oxygen atoms in total. The van der Waals surface area contributed by atoms with E-state index in [0.29, 0.717) is 32.1 Å². The van der Waals surface area contributed by atoms with Gasteiger partial charge >= 0.3 is 6.09 Å². The fourth-order valence-electron chi connectivity index (χ4n) is 1.70. The Labute approximate surface area is 142 Å². The summed E-state index contributed by atoms with van der Waals surface area (Å²) in [5, 5.41) is 5.29. The smallest absolute Gasteiger partial charge is 0.407 e. The van der Waals surface area contributed by atoms with Crippen molar-refractivity contribution in [2.45, 2.75) is 33.3 Å². The summed E-state index contributed by atoms with van der Waals surface area (Å²) in [7, 11) is 0. The number of carbonyl (C=O) groups excluding carboxylic acids is 2. The Morgan fingerprint density at radius 2 is 1.71 bits per heavy atom. The number of hydrogen-bond donors (Lipinski definition) is 2. The Morgan fingerprint density at radius 3 is 2.29 bits per heavy atom. The molecule has 0 spiro atoms. The SMILES string of the molecule is CC(=O)Nc1ccc(OCCOCCNC(=O)OC(C)(C)C)cc1. The Kier molecular flexibility index (Phi) is 8.05. The van der Waals surface area contributed by atoms with Crippen LogP contribution in [0.3, 0.4) is 0 Å². The van der Waals surface area contributed by atoms with E-state index in [9.17, 15) is 9.59 Å². The summed E-state index contributed by atoms with van der Waals surface area (Å²) >= 11 is 0. The van der Waals surface area contributed by atoms with Gasteiger partial charge < -0.3 is 24.8 Å². The molecule has 1 aromatic carbocycles. The molecule has 7 heteroatoms. The Balaban J connectivity index is 2.08. The second kappa shape index (κ2) is 9.77. The van der Waals surface area contributed by atoms with Crippen molar-refractivity contribution in [2.75, 3.05) is 31.7 Å². The Hall–Kier alpha value is -2.28. The molecule has 2 N–H and O–H groups in total. The van der Waals surface area contributed by atoms with Gasteiger partial charge in [-0.25, -0.2) is 4.79 Å². The first-order valence-electron chi connectivity index (χ1n) is 7.81. The minimum Gasteiger partial charge on any atom is -0.491 e. The maximum atomic E-state index is 11.4. The van der Waals surface area contributed by atoms with Gasteiger partial charge in [-0.15, -0.1) is 0 Å². The molecular weight excluding hydrogens is 312 g/mol.